The number of nitrogens with one attached hydrogen (secondary N) is 1. The van der Waals surface area contributed by atoms with Crippen molar-refractivity contribution in [2.75, 3.05) is 11.9 Å². The lowest BCUT2D eigenvalue weighted by Crippen LogP contribution is -2.20. The fourth-order valence-corrected chi connectivity index (χ4v) is 3.22. The van der Waals surface area contributed by atoms with Crippen LogP contribution in [0.1, 0.15) is 0 Å². The molecule has 150 valence electrons. The normalized spacial score (nSPS) is 10.7. The number of benzene rings is 3. The minimum Gasteiger partial charge on any atom is -0.477 e. The van der Waals surface area contributed by atoms with Gasteiger partial charge in [0.05, 0.1) is 4.92 Å². The molecule has 30 heavy (non-hydrogen) atoms. The van der Waals surface area contributed by atoms with Gasteiger partial charge in [-0.25, -0.2) is 4.98 Å². The Hall–Kier alpha value is -3.72. The first-order valence-electron chi connectivity index (χ1n) is 8.82. The van der Waals surface area contributed by atoms with Crippen LogP contribution in [0.3, 0.4) is 0 Å². The van der Waals surface area contributed by atoms with E-state index in [0.717, 1.165) is 10.0 Å². The number of carbonyl (C=O) groups excluding carboxylic acids is 1. The molecule has 1 aromatic heterocycles. The third-order valence-electron chi connectivity index (χ3n) is 4.16. The van der Waals surface area contributed by atoms with Gasteiger partial charge in [-0.2, -0.15) is 0 Å². The number of rotatable bonds is 6. The lowest BCUT2D eigenvalue weighted by Gasteiger charge is -2.07. The van der Waals surface area contributed by atoms with E-state index in [0.29, 0.717) is 22.7 Å². The molecule has 0 aliphatic heterocycles. The highest BCUT2D eigenvalue weighted by Crippen LogP contribution is 2.28. The van der Waals surface area contributed by atoms with Crippen LogP contribution in [0.5, 0.6) is 5.75 Å². The van der Waals surface area contributed by atoms with Gasteiger partial charge in [0.2, 0.25) is 5.89 Å². The molecule has 0 aliphatic carbocycles. The Morgan fingerprint density at radius 3 is 2.77 bits per heavy atom. The molecule has 0 unspecified atom stereocenters. The van der Waals surface area contributed by atoms with E-state index in [9.17, 15) is 14.9 Å². The maximum atomic E-state index is 12.2. The molecule has 0 fully saturated rings. The predicted octanol–water partition coefficient (Wildman–Crippen LogP) is 5.18. The Labute approximate surface area is 178 Å². The van der Waals surface area contributed by atoms with E-state index in [2.05, 4.69) is 26.2 Å². The van der Waals surface area contributed by atoms with E-state index in [4.69, 9.17) is 9.15 Å². The molecule has 0 radical (unpaired) electrons. The predicted molar refractivity (Wildman–Crippen MR) is 114 cm³/mol. The smallest absolute Gasteiger partial charge is 0.310 e. The quantitative estimate of drug-likeness (QED) is 0.309. The van der Waals surface area contributed by atoms with Crippen LogP contribution in [0.25, 0.3) is 22.6 Å². The van der Waals surface area contributed by atoms with E-state index in [1.165, 1.54) is 18.2 Å². The first kappa shape index (κ1) is 19.6. The van der Waals surface area contributed by atoms with E-state index in [-0.39, 0.29) is 18.0 Å². The molecule has 9 heteroatoms. The van der Waals surface area contributed by atoms with Crippen molar-refractivity contribution in [1.29, 1.82) is 0 Å². The highest BCUT2D eigenvalue weighted by molar-refractivity contribution is 9.10. The Morgan fingerprint density at radius 2 is 1.97 bits per heavy atom. The van der Waals surface area contributed by atoms with Crippen molar-refractivity contribution < 1.29 is 18.9 Å². The van der Waals surface area contributed by atoms with Gasteiger partial charge < -0.3 is 14.5 Å². The molecule has 0 saturated heterocycles. The van der Waals surface area contributed by atoms with E-state index < -0.39 is 10.8 Å². The van der Waals surface area contributed by atoms with Gasteiger partial charge in [0.1, 0.15) is 5.52 Å². The highest BCUT2D eigenvalue weighted by atomic mass is 79.9. The summed E-state index contributed by atoms with van der Waals surface area (Å²) in [4.78, 5) is 27.1. The molecule has 0 spiro atoms. The zero-order valence-electron chi connectivity index (χ0n) is 15.4. The van der Waals surface area contributed by atoms with E-state index in [1.54, 1.807) is 24.3 Å². The van der Waals surface area contributed by atoms with Gasteiger partial charge in [-0.05, 0) is 42.5 Å². The number of ether oxygens (including phenoxy) is 1. The minimum absolute atomic E-state index is 0.0308. The van der Waals surface area contributed by atoms with Crippen molar-refractivity contribution in [3.05, 3.63) is 81.3 Å². The SMILES string of the molecule is O=C(COc1ccccc1[N+](=O)[O-])Nc1ccc2oc(-c3cccc(Br)c3)nc2c1. The summed E-state index contributed by atoms with van der Waals surface area (Å²) in [7, 11) is 0. The summed E-state index contributed by atoms with van der Waals surface area (Å²) >= 11 is 3.42. The largest absolute Gasteiger partial charge is 0.477 e. The Balaban J connectivity index is 1.46. The van der Waals surface area contributed by atoms with Gasteiger partial charge in [-0.3, -0.25) is 14.9 Å². The van der Waals surface area contributed by atoms with Crippen molar-refractivity contribution in [1.82, 2.24) is 4.98 Å². The van der Waals surface area contributed by atoms with Crippen LogP contribution in [0.2, 0.25) is 0 Å². The number of anilines is 1. The number of nitro benzene ring substituents is 1. The number of nitro groups is 1. The molecule has 0 aliphatic rings. The summed E-state index contributed by atoms with van der Waals surface area (Å²) in [5, 5.41) is 13.7. The number of fused-ring (bicyclic) bond motifs is 1. The standard InChI is InChI=1S/C21H14BrN3O5/c22-14-5-3-4-13(10-14)21-24-16-11-15(8-9-18(16)30-21)23-20(26)12-29-19-7-2-1-6-17(19)25(27)28/h1-11H,12H2,(H,23,26). The number of nitrogens with zero attached hydrogens (tertiary/aromatic N) is 2. The number of para-hydroxylation sites is 2. The molecule has 3 aromatic carbocycles. The van der Waals surface area contributed by atoms with Gasteiger partial charge in [0, 0.05) is 21.8 Å². The zero-order valence-corrected chi connectivity index (χ0v) is 17.0. The molecular weight excluding hydrogens is 454 g/mol. The molecular formula is C21H14BrN3O5. The van der Waals surface area contributed by atoms with Crippen molar-refractivity contribution >= 4 is 44.3 Å². The third kappa shape index (κ3) is 4.31. The van der Waals surface area contributed by atoms with Crippen LogP contribution in [-0.2, 0) is 4.79 Å². The number of oxazole rings is 1. The summed E-state index contributed by atoms with van der Waals surface area (Å²) < 4.78 is 12.0. The fraction of sp³-hybridized carbons (Fsp3) is 0.0476. The molecule has 0 bridgehead atoms. The van der Waals surface area contributed by atoms with E-state index in [1.807, 2.05) is 24.3 Å². The van der Waals surface area contributed by atoms with E-state index >= 15 is 0 Å². The van der Waals surface area contributed by atoms with Crippen LogP contribution in [0.15, 0.2) is 75.6 Å². The van der Waals surface area contributed by atoms with Crippen LogP contribution >= 0.6 is 15.9 Å². The number of hydrogen-bond donors (Lipinski definition) is 1. The number of hydrogen-bond acceptors (Lipinski definition) is 6. The van der Waals surface area contributed by atoms with Gasteiger partial charge in [0.15, 0.2) is 17.9 Å². The van der Waals surface area contributed by atoms with Crippen molar-refractivity contribution in [2.24, 2.45) is 0 Å². The topological polar surface area (TPSA) is 108 Å². The minimum atomic E-state index is -0.561. The highest BCUT2D eigenvalue weighted by Gasteiger charge is 2.15. The first-order valence-corrected chi connectivity index (χ1v) is 9.61. The lowest BCUT2D eigenvalue weighted by molar-refractivity contribution is -0.385. The van der Waals surface area contributed by atoms with Crippen LogP contribution in [-0.4, -0.2) is 22.4 Å². The van der Waals surface area contributed by atoms with Gasteiger partial charge >= 0.3 is 5.69 Å². The zero-order chi connectivity index (χ0) is 21.1. The van der Waals surface area contributed by atoms with Crippen LogP contribution in [0.4, 0.5) is 11.4 Å². The van der Waals surface area contributed by atoms with Crippen molar-refractivity contribution in [3.63, 3.8) is 0 Å². The second-order valence-corrected chi connectivity index (χ2v) is 7.19. The molecule has 8 nitrogen and oxygen atoms in total. The average molecular weight is 468 g/mol. The van der Waals surface area contributed by atoms with Gasteiger partial charge in [0.25, 0.3) is 5.91 Å². The Morgan fingerprint density at radius 1 is 1.13 bits per heavy atom. The second kappa shape index (κ2) is 8.34. The maximum Gasteiger partial charge on any atom is 0.310 e. The monoisotopic (exact) mass is 467 g/mol. The Kier molecular flexibility index (Phi) is 5.44. The number of amides is 1. The van der Waals surface area contributed by atoms with Crippen LogP contribution < -0.4 is 10.1 Å². The molecule has 1 N–H and O–H groups in total. The van der Waals surface area contributed by atoms with Gasteiger partial charge in [-0.15, -0.1) is 0 Å². The molecule has 1 amide bonds. The number of halogens is 1. The third-order valence-corrected chi connectivity index (χ3v) is 4.66. The number of aromatic nitrogens is 1. The molecule has 1 heterocycles. The second-order valence-electron chi connectivity index (χ2n) is 6.27. The lowest BCUT2D eigenvalue weighted by atomic mass is 10.2. The maximum absolute atomic E-state index is 12.2. The average Bonchev–Trinajstić information content (AvgIpc) is 3.16. The number of carbonyl (C=O) groups is 1. The first-order chi connectivity index (χ1) is 14.5. The molecule has 0 saturated carbocycles. The van der Waals surface area contributed by atoms with Crippen LogP contribution in [0, 0.1) is 10.1 Å². The summed E-state index contributed by atoms with van der Waals surface area (Å²) in [6.45, 7) is -0.370. The molecule has 4 rings (SSSR count). The Bertz CT molecular complexity index is 1250. The summed E-state index contributed by atoms with van der Waals surface area (Å²) in [6, 6.07) is 18.5. The van der Waals surface area contributed by atoms with Gasteiger partial charge in [-0.1, -0.05) is 34.1 Å². The fourth-order valence-electron chi connectivity index (χ4n) is 2.82. The molecule has 0 atom stereocenters. The summed E-state index contributed by atoms with van der Waals surface area (Å²) in [6.07, 6.45) is 0. The summed E-state index contributed by atoms with van der Waals surface area (Å²) in [5.41, 5.74) is 2.30. The molecule has 4 aromatic rings. The van der Waals surface area contributed by atoms with Crippen molar-refractivity contribution in [3.8, 4) is 17.2 Å². The van der Waals surface area contributed by atoms with Crippen molar-refractivity contribution in [2.45, 2.75) is 0 Å². The summed E-state index contributed by atoms with van der Waals surface area (Å²) in [5.74, 6) is 0.0426.